The monoisotopic (exact) mass is 363 g/mol. The molecule has 0 spiro atoms. The molecule has 9 heteroatoms. The predicted octanol–water partition coefficient (Wildman–Crippen LogP) is 2.60. The van der Waals surface area contributed by atoms with Crippen LogP contribution in [0.15, 0.2) is 12.3 Å². The molecule has 0 aromatic carbocycles. The van der Waals surface area contributed by atoms with Crippen molar-refractivity contribution in [2.24, 2.45) is 11.8 Å². The number of aliphatic carboxylic acids is 1. The lowest BCUT2D eigenvalue weighted by atomic mass is 10.2. The summed E-state index contributed by atoms with van der Waals surface area (Å²) in [5.41, 5.74) is -0.858. The van der Waals surface area contributed by atoms with Crippen molar-refractivity contribution in [3.8, 4) is 0 Å². The second kappa shape index (κ2) is 6.40. The third-order valence-electron chi connectivity index (χ3n) is 4.55. The Morgan fingerprint density at radius 3 is 2.50 bits per heavy atom. The molecule has 24 heavy (non-hydrogen) atoms. The van der Waals surface area contributed by atoms with Crippen molar-refractivity contribution in [3.63, 3.8) is 0 Å². The molecule has 2 aliphatic rings. The van der Waals surface area contributed by atoms with Gasteiger partial charge in [0.25, 0.3) is 0 Å². The summed E-state index contributed by atoms with van der Waals surface area (Å²) in [6, 6.07) is 0.901. The molecule has 0 amide bonds. The van der Waals surface area contributed by atoms with Gasteiger partial charge in [-0.3, -0.25) is 9.69 Å². The van der Waals surface area contributed by atoms with E-state index in [4.69, 9.17) is 16.7 Å². The van der Waals surface area contributed by atoms with E-state index in [1.807, 2.05) is 4.90 Å². The van der Waals surface area contributed by atoms with Gasteiger partial charge in [0, 0.05) is 38.9 Å². The van der Waals surface area contributed by atoms with E-state index in [0.29, 0.717) is 32.0 Å². The highest BCUT2D eigenvalue weighted by molar-refractivity contribution is 6.33. The molecule has 2 fully saturated rings. The molecule has 0 bridgehead atoms. The molecule has 2 unspecified atom stereocenters. The fourth-order valence-corrected chi connectivity index (χ4v) is 3.33. The van der Waals surface area contributed by atoms with Crippen molar-refractivity contribution < 1.29 is 23.1 Å². The molecular weight excluding hydrogens is 347 g/mol. The highest BCUT2D eigenvalue weighted by Gasteiger charge is 2.44. The number of nitrogens with zero attached hydrogens (tertiary/aromatic N) is 3. The second-order valence-electron chi connectivity index (χ2n) is 6.26. The summed E-state index contributed by atoms with van der Waals surface area (Å²) < 4.78 is 37.9. The van der Waals surface area contributed by atoms with Gasteiger partial charge >= 0.3 is 12.1 Å². The zero-order valence-electron chi connectivity index (χ0n) is 12.8. The minimum Gasteiger partial charge on any atom is -0.481 e. The standard InChI is InChI=1S/C15H17ClF3N3O2/c16-12-6-10(15(17,18)19)7-20-13(12)22-3-1-21(2-4-22)8-9-5-11(9)14(23)24/h6-7,9,11H,1-5,8H2,(H,23,24). The van der Waals surface area contributed by atoms with Crippen molar-refractivity contribution in [3.05, 3.63) is 22.8 Å². The number of carboxylic acid groups (broad SMARTS) is 1. The van der Waals surface area contributed by atoms with Crippen LogP contribution >= 0.6 is 11.6 Å². The largest absolute Gasteiger partial charge is 0.481 e. The third-order valence-corrected chi connectivity index (χ3v) is 4.83. The van der Waals surface area contributed by atoms with E-state index in [0.717, 1.165) is 25.2 Å². The number of rotatable bonds is 4. The van der Waals surface area contributed by atoms with Gasteiger partial charge in [-0.2, -0.15) is 13.2 Å². The minimum atomic E-state index is -4.46. The number of hydrogen-bond donors (Lipinski definition) is 1. The van der Waals surface area contributed by atoms with Crippen LogP contribution in [0.4, 0.5) is 19.0 Å². The number of carbonyl (C=O) groups is 1. The third kappa shape index (κ3) is 3.75. The summed E-state index contributed by atoms with van der Waals surface area (Å²) >= 11 is 5.97. The van der Waals surface area contributed by atoms with Crippen LogP contribution in [-0.4, -0.2) is 53.7 Å². The van der Waals surface area contributed by atoms with Crippen molar-refractivity contribution in [2.75, 3.05) is 37.6 Å². The van der Waals surface area contributed by atoms with E-state index in [2.05, 4.69) is 9.88 Å². The smallest absolute Gasteiger partial charge is 0.417 e. The maximum Gasteiger partial charge on any atom is 0.417 e. The molecule has 1 saturated carbocycles. The Labute approximate surface area is 142 Å². The minimum absolute atomic E-state index is 0.00795. The fraction of sp³-hybridized carbons (Fsp3) is 0.600. The lowest BCUT2D eigenvalue weighted by Gasteiger charge is -2.35. The number of alkyl halides is 3. The Bertz CT molecular complexity index is 633. The number of piperazine rings is 1. The Morgan fingerprint density at radius 1 is 1.33 bits per heavy atom. The number of pyridine rings is 1. The maximum absolute atomic E-state index is 12.6. The molecular formula is C15H17ClF3N3O2. The molecule has 2 heterocycles. The van der Waals surface area contributed by atoms with E-state index >= 15 is 0 Å². The Kier molecular flexibility index (Phi) is 4.61. The summed E-state index contributed by atoms with van der Waals surface area (Å²) in [5.74, 6) is -0.394. The second-order valence-corrected chi connectivity index (χ2v) is 6.66. The first-order chi connectivity index (χ1) is 11.3. The maximum atomic E-state index is 12.6. The summed E-state index contributed by atoms with van der Waals surface area (Å²) in [6.07, 6.45) is -2.93. The Morgan fingerprint density at radius 2 is 2.00 bits per heavy atom. The zero-order chi connectivity index (χ0) is 17.5. The zero-order valence-corrected chi connectivity index (χ0v) is 13.5. The highest BCUT2D eigenvalue weighted by Crippen LogP contribution is 2.39. The van der Waals surface area contributed by atoms with E-state index in [1.165, 1.54) is 0 Å². The first kappa shape index (κ1) is 17.3. The van der Waals surface area contributed by atoms with Crippen LogP contribution in [-0.2, 0) is 11.0 Å². The van der Waals surface area contributed by atoms with Crippen LogP contribution in [0, 0.1) is 11.8 Å². The molecule has 1 saturated heterocycles. The number of halogens is 4. The summed E-state index contributed by atoms with van der Waals surface area (Å²) in [4.78, 5) is 18.8. The van der Waals surface area contributed by atoms with E-state index in [1.54, 1.807) is 0 Å². The van der Waals surface area contributed by atoms with Gasteiger partial charge in [0.2, 0.25) is 0 Å². The van der Waals surface area contributed by atoms with Gasteiger partial charge in [0.1, 0.15) is 5.82 Å². The van der Waals surface area contributed by atoms with Crippen LogP contribution in [0.1, 0.15) is 12.0 Å². The Balaban J connectivity index is 1.56. The number of hydrogen-bond acceptors (Lipinski definition) is 4. The summed E-state index contributed by atoms with van der Waals surface area (Å²) in [5, 5.41) is 8.92. The molecule has 1 aliphatic carbocycles. The topological polar surface area (TPSA) is 56.7 Å². The van der Waals surface area contributed by atoms with Gasteiger partial charge in [-0.1, -0.05) is 11.6 Å². The van der Waals surface area contributed by atoms with Crippen LogP contribution in [0.2, 0.25) is 5.02 Å². The molecule has 2 atom stereocenters. The van der Waals surface area contributed by atoms with E-state index < -0.39 is 17.7 Å². The van der Waals surface area contributed by atoms with Gasteiger partial charge in [-0.05, 0) is 18.4 Å². The summed E-state index contributed by atoms with van der Waals surface area (Å²) in [7, 11) is 0. The van der Waals surface area contributed by atoms with E-state index in [9.17, 15) is 18.0 Å². The number of aromatic nitrogens is 1. The first-order valence-corrected chi connectivity index (χ1v) is 8.06. The molecule has 0 radical (unpaired) electrons. The van der Waals surface area contributed by atoms with Gasteiger partial charge in [0.05, 0.1) is 16.5 Å². The summed E-state index contributed by atoms with van der Waals surface area (Å²) in [6.45, 7) is 3.37. The molecule has 1 aliphatic heterocycles. The molecule has 1 aromatic heterocycles. The average molecular weight is 364 g/mol. The van der Waals surface area contributed by atoms with Crippen LogP contribution in [0.3, 0.4) is 0 Å². The fourth-order valence-electron chi connectivity index (χ4n) is 3.04. The Hall–Kier alpha value is -1.54. The normalized spacial score (nSPS) is 24.9. The van der Waals surface area contributed by atoms with Gasteiger partial charge in [0.15, 0.2) is 0 Å². The van der Waals surface area contributed by atoms with Crippen molar-refractivity contribution in [2.45, 2.75) is 12.6 Å². The molecule has 5 nitrogen and oxygen atoms in total. The SMILES string of the molecule is O=C(O)C1CC1CN1CCN(c2ncc(C(F)(F)F)cc2Cl)CC1. The average Bonchev–Trinajstić information content (AvgIpc) is 3.27. The lowest BCUT2D eigenvalue weighted by Crippen LogP contribution is -2.47. The van der Waals surface area contributed by atoms with Crippen LogP contribution < -0.4 is 4.90 Å². The van der Waals surface area contributed by atoms with Crippen LogP contribution in [0.5, 0.6) is 0 Å². The van der Waals surface area contributed by atoms with E-state index in [-0.39, 0.29) is 16.9 Å². The van der Waals surface area contributed by atoms with Gasteiger partial charge < -0.3 is 10.0 Å². The van der Waals surface area contributed by atoms with Gasteiger partial charge in [-0.15, -0.1) is 0 Å². The predicted molar refractivity (Wildman–Crippen MR) is 82.1 cm³/mol. The highest BCUT2D eigenvalue weighted by atomic mass is 35.5. The van der Waals surface area contributed by atoms with Crippen molar-refractivity contribution in [1.29, 1.82) is 0 Å². The lowest BCUT2D eigenvalue weighted by molar-refractivity contribution is -0.139. The first-order valence-electron chi connectivity index (χ1n) is 7.68. The molecule has 3 rings (SSSR count). The molecule has 132 valence electrons. The quantitative estimate of drug-likeness (QED) is 0.891. The number of carboxylic acids is 1. The number of anilines is 1. The van der Waals surface area contributed by atoms with Gasteiger partial charge in [-0.25, -0.2) is 4.98 Å². The van der Waals surface area contributed by atoms with Crippen molar-refractivity contribution >= 4 is 23.4 Å². The van der Waals surface area contributed by atoms with Crippen LogP contribution in [0.25, 0.3) is 0 Å². The van der Waals surface area contributed by atoms with Crippen molar-refractivity contribution in [1.82, 2.24) is 9.88 Å². The molecule has 1 aromatic rings. The molecule has 1 N–H and O–H groups in total.